The monoisotopic (exact) mass is 300 g/mol. The number of thiocarbonyl (C=S) groups is 1. The molecule has 0 bridgehead atoms. The first-order chi connectivity index (χ1) is 10.1. The molecule has 0 aromatic heterocycles. The minimum absolute atomic E-state index is 0.192. The maximum absolute atomic E-state index is 12.2. The van der Waals surface area contributed by atoms with Gasteiger partial charge >= 0.3 is 0 Å². The Morgan fingerprint density at radius 1 is 1.10 bits per heavy atom. The van der Waals surface area contributed by atoms with Gasteiger partial charge in [-0.3, -0.25) is 4.79 Å². The summed E-state index contributed by atoms with van der Waals surface area (Å²) in [4.78, 5) is 13.9. The molecule has 0 heterocycles. The first kappa shape index (κ1) is 15.0. The Labute approximate surface area is 129 Å². The van der Waals surface area contributed by atoms with Crippen molar-refractivity contribution < 1.29 is 9.53 Å². The average molecular weight is 300 g/mol. The number of carbonyl (C=O) groups excluding carboxylic acids is 1. The Morgan fingerprint density at radius 2 is 1.81 bits per heavy atom. The second-order valence-electron chi connectivity index (χ2n) is 4.61. The van der Waals surface area contributed by atoms with Crippen LogP contribution in [0, 0.1) is 0 Å². The highest BCUT2D eigenvalue weighted by Gasteiger charge is 2.09. The maximum atomic E-state index is 12.2. The van der Waals surface area contributed by atoms with Crippen molar-refractivity contribution in [2.75, 3.05) is 19.4 Å². The lowest BCUT2D eigenvalue weighted by Gasteiger charge is -2.14. The largest absolute Gasteiger partial charge is 0.432 e. The fraction of sp³-hybridized carbons (Fsp3) is 0.125. The molecule has 0 aliphatic rings. The van der Waals surface area contributed by atoms with Crippen LogP contribution < -0.4 is 10.1 Å². The summed E-state index contributed by atoms with van der Waals surface area (Å²) in [6.07, 6.45) is 0. The second-order valence-corrected chi connectivity index (χ2v) is 4.96. The zero-order valence-electron chi connectivity index (χ0n) is 11.9. The molecule has 0 saturated heterocycles. The van der Waals surface area contributed by atoms with Gasteiger partial charge in [0.1, 0.15) is 5.75 Å². The van der Waals surface area contributed by atoms with Crippen molar-refractivity contribution in [2.24, 2.45) is 0 Å². The quantitative estimate of drug-likeness (QED) is 0.884. The average Bonchev–Trinajstić information content (AvgIpc) is 2.48. The molecule has 2 aromatic carbocycles. The highest BCUT2D eigenvalue weighted by molar-refractivity contribution is 7.80. The second kappa shape index (κ2) is 6.85. The van der Waals surface area contributed by atoms with E-state index in [-0.39, 0.29) is 5.91 Å². The normalized spacial score (nSPS) is 9.81. The molecule has 1 N–H and O–H groups in total. The summed E-state index contributed by atoms with van der Waals surface area (Å²) < 4.78 is 5.49. The number of amides is 1. The Balaban J connectivity index is 2.10. The lowest BCUT2D eigenvalue weighted by molar-refractivity contribution is 0.102. The number of rotatable bonds is 3. The number of benzene rings is 2. The molecular weight excluding hydrogens is 284 g/mol. The number of hydrogen-bond acceptors (Lipinski definition) is 3. The number of nitrogens with one attached hydrogen (secondary N) is 1. The van der Waals surface area contributed by atoms with Gasteiger partial charge in [-0.2, -0.15) is 0 Å². The van der Waals surface area contributed by atoms with E-state index in [0.29, 0.717) is 16.5 Å². The first-order valence-electron chi connectivity index (χ1n) is 6.42. The molecule has 0 saturated carbocycles. The smallest absolute Gasteiger partial charge is 0.264 e. The number of ether oxygens (including phenoxy) is 1. The van der Waals surface area contributed by atoms with Crippen LogP contribution in [0.2, 0.25) is 0 Å². The zero-order valence-corrected chi connectivity index (χ0v) is 12.7. The number of nitrogens with zero attached hydrogens (tertiary/aromatic N) is 1. The van der Waals surface area contributed by atoms with Crippen LogP contribution in [0.3, 0.4) is 0 Å². The van der Waals surface area contributed by atoms with Crippen molar-refractivity contribution in [3.63, 3.8) is 0 Å². The summed E-state index contributed by atoms with van der Waals surface area (Å²) in [5.74, 6) is 0.344. The van der Waals surface area contributed by atoms with E-state index < -0.39 is 0 Å². The van der Waals surface area contributed by atoms with Gasteiger partial charge in [-0.1, -0.05) is 24.3 Å². The predicted octanol–water partition coefficient (Wildman–Crippen LogP) is 3.16. The van der Waals surface area contributed by atoms with Crippen LogP contribution in [0.15, 0.2) is 54.6 Å². The van der Waals surface area contributed by atoms with Crippen LogP contribution in [-0.2, 0) is 0 Å². The molecule has 2 rings (SSSR count). The highest BCUT2D eigenvalue weighted by atomic mass is 32.1. The minimum atomic E-state index is -0.192. The standard InChI is InChI=1S/C16H16N2O2S/c1-18(2)16(21)20-14-10-6-7-12(11-14)15(19)17-13-8-4-3-5-9-13/h3-11H,1-2H3,(H,17,19). The summed E-state index contributed by atoms with van der Waals surface area (Å²) in [5.41, 5.74) is 1.26. The van der Waals surface area contributed by atoms with Crippen LogP contribution in [0.4, 0.5) is 5.69 Å². The Kier molecular flexibility index (Phi) is 4.90. The fourth-order valence-electron chi connectivity index (χ4n) is 1.62. The molecule has 0 unspecified atom stereocenters. The van der Waals surface area contributed by atoms with Crippen molar-refractivity contribution in [3.8, 4) is 5.75 Å². The van der Waals surface area contributed by atoms with E-state index in [9.17, 15) is 4.79 Å². The third kappa shape index (κ3) is 4.29. The SMILES string of the molecule is CN(C)C(=S)Oc1cccc(C(=O)Nc2ccccc2)c1. The Morgan fingerprint density at radius 3 is 2.48 bits per heavy atom. The highest BCUT2D eigenvalue weighted by Crippen LogP contribution is 2.16. The molecule has 1 amide bonds. The third-order valence-corrected chi connectivity index (χ3v) is 3.15. The van der Waals surface area contributed by atoms with Gasteiger partial charge in [-0.25, -0.2) is 0 Å². The van der Waals surface area contributed by atoms with Crippen molar-refractivity contribution in [1.82, 2.24) is 4.90 Å². The van der Waals surface area contributed by atoms with E-state index in [1.165, 1.54) is 0 Å². The molecule has 5 heteroatoms. The summed E-state index contributed by atoms with van der Waals surface area (Å²) in [6.45, 7) is 0. The molecule has 2 aromatic rings. The summed E-state index contributed by atoms with van der Waals surface area (Å²) in [7, 11) is 3.60. The van der Waals surface area contributed by atoms with Crippen LogP contribution >= 0.6 is 12.2 Å². The molecule has 0 aliphatic heterocycles. The van der Waals surface area contributed by atoms with Crippen molar-refractivity contribution in [1.29, 1.82) is 0 Å². The van der Waals surface area contributed by atoms with Crippen LogP contribution in [0.1, 0.15) is 10.4 Å². The van der Waals surface area contributed by atoms with Gasteiger partial charge in [0.15, 0.2) is 0 Å². The molecule has 4 nitrogen and oxygen atoms in total. The van der Waals surface area contributed by atoms with E-state index in [2.05, 4.69) is 5.32 Å². The molecule has 0 atom stereocenters. The van der Waals surface area contributed by atoms with E-state index in [4.69, 9.17) is 17.0 Å². The molecule has 0 aliphatic carbocycles. The van der Waals surface area contributed by atoms with E-state index in [0.717, 1.165) is 5.69 Å². The molecule has 0 fully saturated rings. The van der Waals surface area contributed by atoms with E-state index in [1.54, 1.807) is 43.3 Å². The molecule has 0 spiro atoms. The van der Waals surface area contributed by atoms with Gasteiger partial charge in [-0.05, 0) is 42.5 Å². The minimum Gasteiger partial charge on any atom is -0.432 e. The molecule has 0 radical (unpaired) electrons. The Hall–Kier alpha value is -2.40. The summed E-state index contributed by atoms with van der Waals surface area (Å²) in [5, 5.41) is 3.17. The number of para-hydroxylation sites is 1. The van der Waals surface area contributed by atoms with Crippen molar-refractivity contribution >= 4 is 29.0 Å². The van der Waals surface area contributed by atoms with Crippen LogP contribution in [0.5, 0.6) is 5.75 Å². The van der Waals surface area contributed by atoms with Crippen LogP contribution in [-0.4, -0.2) is 30.1 Å². The van der Waals surface area contributed by atoms with Gasteiger partial charge < -0.3 is 15.0 Å². The fourth-order valence-corrected chi connectivity index (χ4v) is 1.71. The lowest BCUT2D eigenvalue weighted by atomic mass is 10.2. The summed E-state index contributed by atoms with van der Waals surface area (Å²) in [6, 6.07) is 16.2. The van der Waals surface area contributed by atoms with Crippen molar-refractivity contribution in [3.05, 3.63) is 60.2 Å². The van der Waals surface area contributed by atoms with Gasteiger partial charge in [0.2, 0.25) is 0 Å². The topological polar surface area (TPSA) is 41.6 Å². The first-order valence-corrected chi connectivity index (χ1v) is 6.82. The van der Waals surface area contributed by atoms with E-state index in [1.807, 2.05) is 30.3 Å². The molecular formula is C16H16N2O2S. The zero-order chi connectivity index (χ0) is 15.2. The predicted molar refractivity (Wildman–Crippen MR) is 87.8 cm³/mol. The van der Waals surface area contributed by atoms with Crippen LogP contribution in [0.25, 0.3) is 0 Å². The van der Waals surface area contributed by atoms with Gasteiger partial charge in [0.05, 0.1) is 0 Å². The van der Waals surface area contributed by atoms with Crippen molar-refractivity contribution in [2.45, 2.75) is 0 Å². The Bertz CT molecular complexity index is 642. The molecule has 21 heavy (non-hydrogen) atoms. The molecule has 108 valence electrons. The van der Waals surface area contributed by atoms with E-state index >= 15 is 0 Å². The lowest BCUT2D eigenvalue weighted by Crippen LogP contribution is -2.25. The van der Waals surface area contributed by atoms with Gasteiger partial charge in [-0.15, -0.1) is 0 Å². The third-order valence-electron chi connectivity index (χ3n) is 2.70. The number of anilines is 1. The summed E-state index contributed by atoms with van der Waals surface area (Å²) >= 11 is 5.08. The number of hydrogen-bond donors (Lipinski definition) is 1. The van der Waals surface area contributed by atoms with Gasteiger partial charge in [0, 0.05) is 25.3 Å². The maximum Gasteiger partial charge on any atom is 0.264 e. The van der Waals surface area contributed by atoms with Gasteiger partial charge in [0.25, 0.3) is 11.1 Å². The number of carbonyl (C=O) groups is 1.